The Hall–Kier alpha value is -1.82. The molecule has 0 spiro atoms. The van der Waals surface area contributed by atoms with Gasteiger partial charge in [0.1, 0.15) is 0 Å². The first kappa shape index (κ1) is 10.3. The Balaban J connectivity index is 2.28. The van der Waals surface area contributed by atoms with Crippen LogP contribution >= 0.6 is 0 Å². The van der Waals surface area contributed by atoms with Crippen molar-refractivity contribution in [2.75, 3.05) is 0 Å². The lowest BCUT2D eigenvalue weighted by molar-refractivity contribution is 1.15. The summed E-state index contributed by atoms with van der Waals surface area (Å²) >= 11 is 0. The monoisotopic (exact) mass is 220 g/mol. The summed E-state index contributed by atoms with van der Waals surface area (Å²) in [5, 5.41) is 2.68. The van der Waals surface area contributed by atoms with E-state index >= 15 is 0 Å². The van der Waals surface area contributed by atoms with Gasteiger partial charge in [0.2, 0.25) is 0 Å². The smallest absolute Gasteiger partial charge is 0.0101 e. The molecule has 1 aliphatic carbocycles. The molecule has 0 atom stereocenters. The van der Waals surface area contributed by atoms with Crippen molar-refractivity contribution in [3.63, 3.8) is 0 Å². The van der Waals surface area contributed by atoms with Gasteiger partial charge in [0.25, 0.3) is 0 Å². The predicted molar refractivity (Wildman–Crippen MR) is 74.9 cm³/mol. The molecule has 0 aliphatic heterocycles. The number of rotatable bonds is 1. The Morgan fingerprint density at radius 2 is 1.65 bits per heavy atom. The van der Waals surface area contributed by atoms with Gasteiger partial charge in [0.05, 0.1) is 0 Å². The van der Waals surface area contributed by atoms with Crippen LogP contribution in [0.1, 0.15) is 25.8 Å². The second-order valence-corrected chi connectivity index (χ2v) is 4.89. The molecule has 3 rings (SSSR count). The minimum Gasteiger partial charge on any atom is -0.0686 e. The highest BCUT2D eigenvalue weighted by Gasteiger charge is 2.13. The van der Waals surface area contributed by atoms with Crippen LogP contribution in [0.3, 0.4) is 0 Å². The summed E-state index contributed by atoms with van der Waals surface area (Å²) in [6, 6.07) is 15.2. The van der Waals surface area contributed by atoms with Crippen molar-refractivity contribution in [1.29, 1.82) is 0 Å². The van der Waals surface area contributed by atoms with Crippen LogP contribution in [-0.2, 0) is 0 Å². The van der Waals surface area contributed by atoms with Gasteiger partial charge in [-0.1, -0.05) is 59.7 Å². The van der Waals surface area contributed by atoms with Gasteiger partial charge in [-0.2, -0.15) is 0 Å². The van der Waals surface area contributed by atoms with Crippen molar-refractivity contribution >= 4 is 16.3 Å². The Labute approximate surface area is 102 Å². The molecule has 0 radical (unpaired) electrons. The second kappa shape index (κ2) is 3.89. The third-order valence-corrected chi connectivity index (χ3v) is 3.47. The number of benzene rings is 2. The van der Waals surface area contributed by atoms with E-state index in [9.17, 15) is 0 Å². The third kappa shape index (κ3) is 1.70. The molecule has 2 aromatic rings. The Morgan fingerprint density at radius 1 is 0.882 bits per heavy atom. The molecule has 0 saturated carbocycles. The maximum absolute atomic E-state index is 2.33. The quantitative estimate of drug-likeness (QED) is 0.637. The summed E-state index contributed by atoms with van der Waals surface area (Å²) in [5.41, 5.74) is 5.74. The van der Waals surface area contributed by atoms with Crippen molar-refractivity contribution < 1.29 is 0 Å². The molecule has 0 saturated heterocycles. The van der Waals surface area contributed by atoms with Crippen molar-refractivity contribution in [1.82, 2.24) is 0 Å². The zero-order valence-corrected chi connectivity index (χ0v) is 10.3. The first-order valence-electron chi connectivity index (χ1n) is 6.11. The highest BCUT2D eigenvalue weighted by Crippen LogP contribution is 2.35. The number of hydrogen-bond donors (Lipinski definition) is 0. The molecule has 0 heteroatoms. The molecule has 1 aliphatic rings. The Bertz CT molecular complexity index is 637. The van der Waals surface area contributed by atoms with Crippen LogP contribution in [0.4, 0.5) is 0 Å². The maximum atomic E-state index is 2.33. The normalized spacial score (nSPS) is 15.5. The molecule has 84 valence electrons. The highest BCUT2D eigenvalue weighted by atomic mass is 14.2. The SMILES string of the molecule is CC1=CC(c2cccc3ccccc23)=C(C)C1. The number of allylic oxidation sites excluding steroid dienone is 4. The van der Waals surface area contributed by atoms with Crippen LogP contribution < -0.4 is 0 Å². The topological polar surface area (TPSA) is 0 Å². The van der Waals surface area contributed by atoms with Gasteiger partial charge in [-0.25, -0.2) is 0 Å². The van der Waals surface area contributed by atoms with E-state index < -0.39 is 0 Å². The fourth-order valence-corrected chi connectivity index (χ4v) is 2.70. The van der Waals surface area contributed by atoms with E-state index in [1.807, 2.05) is 0 Å². The molecule has 0 nitrogen and oxygen atoms in total. The van der Waals surface area contributed by atoms with Crippen molar-refractivity contribution in [2.24, 2.45) is 0 Å². The fourth-order valence-electron chi connectivity index (χ4n) is 2.70. The van der Waals surface area contributed by atoms with E-state index in [-0.39, 0.29) is 0 Å². The van der Waals surface area contributed by atoms with Crippen molar-refractivity contribution in [2.45, 2.75) is 20.3 Å². The Morgan fingerprint density at radius 3 is 2.41 bits per heavy atom. The number of fused-ring (bicyclic) bond motifs is 1. The van der Waals surface area contributed by atoms with Gasteiger partial charge >= 0.3 is 0 Å². The summed E-state index contributed by atoms with van der Waals surface area (Å²) in [4.78, 5) is 0. The summed E-state index contributed by atoms with van der Waals surface area (Å²) in [7, 11) is 0. The molecular weight excluding hydrogens is 204 g/mol. The molecule has 0 aromatic heterocycles. The van der Waals surface area contributed by atoms with Crippen molar-refractivity contribution in [3.05, 3.63) is 65.3 Å². The molecule has 2 aromatic carbocycles. The predicted octanol–water partition coefficient (Wildman–Crippen LogP) is 4.96. The average molecular weight is 220 g/mol. The van der Waals surface area contributed by atoms with E-state index in [1.54, 1.807) is 0 Å². The summed E-state index contributed by atoms with van der Waals surface area (Å²) in [6.45, 7) is 4.45. The van der Waals surface area contributed by atoms with Gasteiger partial charge < -0.3 is 0 Å². The van der Waals surface area contributed by atoms with Gasteiger partial charge in [-0.05, 0) is 42.2 Å². The fraction of sp³-hybridized carbons (Fsp3) is 0.176. The van der Waals surface area contributed by atoms with Gasteiger partial charge in [-0.15, -0.1) is 0 Å². The first-order valence-corrected chi connectivity index (χ1v) is 6.11. The summed E-state index contributed by atoms with van der Waals surface area (Å²) < 4.78 is 0. The second-order valence-electron chi connectivity index (χ2n) is 4.89. The number of hydrogen-bond acceptors (Lipinski definition) is 0. The van der Waals surface area contributed by atoms with Crippen LogP contribution in [0.25, 0.3) is 16.3 Å². The van der Waals surface area contributed by atoms with E-state index in [0.717, 1.165) is 6.42 Å². The molecule has 0 amide bonds. The average Bonchev–Trinajstić information content (AvgIpc) is 2.68. The third-order valence-electron chi connectivity index (χ3n) is 3.47. The standard InChI is InChI=1S/C17H16/c1-12-10-13(2)17(11-12)16-9-5-7-14-6-3-4-8-15(14)16/h3-9,11H,10H2,1-2H3. The molecule has 0 N–H and O–H groups in total. The molecule has 0 fully saturated rings. The van der Waals surface area contributed by atoms with Crippen LogP contribution in [0.2, 0.25) is 0 Å². The van der Waals surface area contributed by atoms with E-state index in [4.69, 9.17) is 0 Å². The highest BCUT2D eigenvalue weighted by molar-refractivity contribution is 5.97. The minimum atomic E-state index is 1.12. The van der Waals surface area contributed by atoms with Crippen LogP contribution in [0.5, 0.6) is 0 Å². The lowest BCUT2D eigenvalue weighted by atomic mass is 9.97. The lowest BCUT2D eigenvalue weighted by Gasteiger charge is -2.07. The summed E-state index contributed by atoms with van der Waals surface area (Å²) in [5.74, 6) is 0. The Kier molecular flexibility index (Phi) is 2.36. The van der Waals surface area contributed by atoms with E-state index in [0.29, 0.717) is 0 Å². The molecule has 17 heavy (non-hydrogen) atoms. The largest absolute Gasteiger partial charge is 0.0686 e. The van der Waals surface area contributed by atoms with Gasteiger partial charge in [-0.3, -0.25) is 0 Å². The minimum absolute atomic E-state index is 1.12. The van der Waals surface area contributed by atoms with Crippen LogP contribution in [0.15, 0.2) is 59.7 Å². The van der Waals surface area contributed by atoms with E-state index in [1.165, 1.54) is 33.1 Å². The van der Waals surface area contributed by atoms with Gasteiger partial charge in [0.15, 0.2) is 0 Å². The summed E-state index contributed by atoms with van der Waals surface area (Å²) in [6.07, 6.45) is 3.45. The van der Waals surface area contributed by atoms with Gasteiger partial charge in [0, 0.05) is 0 Å². The molecular formula is C17H16. The molecule has 0 unspecified atom stereocenters. The first-order chi connectivity index (χ1) is 8.25. The van der Waals surface area contributed by atoms with Crippen LogP contribution in [0, 0.1) is 0 Å². The zero-order valence-electron chi connectivity index (χ0n) is 10.3. The zero-order chi connectivity index (χ0) is 11.8. The molecule has 0 bridgehead atoms. The lowest BCUT2D eigenvalue weighted by Crippen LogP contribution is -1.84. The maximum Gasteiger partial charge on any atom is -0.0101 e. The molecule has 0 heterocycles. The van der Waals surface area contributed by atoms with E-state index in [2.05, 4.69) is 62.4 Å². The van der Waals surface area contributed by atoms with Crippen molar-refractivity contribution in [3.8, 4) is 0 Å². The van der Waals surface area contributed by atoms with Crippen LogP contribution in [-0.4, -0.2) is 0 Å².